The molecule has 0 spiro atoms. The maximum atomic E-state index is 12.2. The Bertz CT molecular complexity index is 611. The van der Waals surface area contributed by atoms with Crippen molar-refractivity contribution in [3.05, 3.63) is 17.7 Å². The lowest BCUT2D eigenvalue weighted by atomic mass is 10.2. The summed E-state index contributed by atoms with van der Waals surface area (Å²) in [5, 5.41) is 2.43. The van der Waals surface area contributed by atoms with Gasteiger partial charge in [0.1, 0.15) is 10.6 Å². The van der Waals surface area contributed by atoms with Crippen LogP contribution in [-0.4, -0.2) is 27.6 Å². The molecule has 1 rings (SSSR count). The molecular formula is C12H19N3O4S. The molecule has 1 aromatic carbocycles. The number of nitrogens with two attached hydrogens (primary N) is 1. The van der Waals surface area contributed by atoms with Crippen molar-refractivity contribution in [2.24, 2.45) is 0 Å². The van der Waals surface area contributed by atoms with Crippen LogP contribution in [0.4, 0.5) is 10.5 Å². The highest BCUT2D eigenvalue weighted by molar-refractivity contribution is 7.90. The number of aryl methyl sites for hydroxylation is 1. The zero-order valence-corrected chi connectivity index (χ0v) is 12.7. The quantitative estimate of drug-likeness (QED) is 0.718. The van der Waals surface area contributed by atoms with E-state index in [1.807, 2.05) is 4.72 Å². The molecular weight excluding hydrogens is 282 g/mol. The summed E-state index contributed by atoms with van der Waals surface area (Å²) in [4.78, 5) is 11.3. The van der Waals surface area contributed by atoms with Gasteiger partial charge in [-0.05, 0) is 38.5 Å². The SMILES string of the molecule is COc1cc(C)c(N)cc1S(=O)(=O)NC(=O)NC(C)C. The summed E-state index contributed by atoms with van der Waals surface area (Å²) in [6.07, 6.45) is 0. The van der Waals surface area contributed by atoms with E-state index in [0.29, 0.717) is 11.3 Å². The van der Waals surface area contributed by atoms with E-state index in [9.17, 15) is 13.2 Å². The van der Waals surface area contributed by atoms with Gasteiger partial charge in [0.05, 0.1) is 7.11 Å². The molecule has 7 nitrogen and oxygen atoms in total. The fraction of sp³-hybridized carbons (Fsp3) is 0.417. The average Bonchev–Trinajstić information content (AvgIpc) is 2.29. The van der Waals surface area contributed by atoms with Crippen LogP contribution in [0.3, 0.4) is 0 Å². The summed E-state index contributed by atoms with van der Waals surface area (Å²) in [5.41, 5.74) is 6.69. The van der Waals surface area contributed by atoms with Crippen molar-refractivity contribution in [2.45, 2.75) is 31.7 Å². The summed E-state index contributed by atoms with van der Waals surface area (Å²) < 4.78 is 31.3. The van der Waals surface area contributed by atoms with Gasteiger partial charge in [-0.1, -0.05) is 0 Å². The Kier molecular flexibility index (Phi) is 4.83. The zero-order valence-electron chi connectivity index (χ0n) is 11.9. The number of rotatable bonds is 4. The van der Waals surface area contributed by atoms with Crippen LogP contribution in [-0.2, 0) is 10.0 Å². The van der Waals surface area contributed by atoms with Crippen LogP contribution >= 0.6 is 0 Å². The number of urea groups is 1. The number of nitrogens with one attached hydrogen (secondary N) is 2. The van der Waals surface area contributed by atoms with E-state index < -0.39 is 16.1 Å². The Morgan fingerprint density at radius 3 is 2.45 bits per heavy atom. The number of amides is 2. The van der Waals surface area contributed by atoms with Gasteiger partial charge in [0.25, 0.3) is 10.0 Å². The van der Waals surface area contributed by atoms with Crippen LogP contribution in [0.2, 0.25) is 0 Å². The van der Waals surface area contributed by atoms with Crippen molar-refractivity contribution in [3.8, 4) is 5.75 Å². The first kappa shape index (κ1) is 16.1. The molecule has 112 valence electrons. The summed E-state index contributed by atoms with van der Waals surface area (Å²) in [6.45, 7) is 5.17. The number of carbonyl (C=O) groups excluding carboxylic acids is 1. The minimum absolute atomic E-state index is 0.126. The summed E-state index contributed by atoms with van der Waals surface area (Å²) in [7, 11) is -2.71. The molecule has 0 heterocycles. The number of carbonyl (C=O) groups is 1. The molecule has 0 fully saturated rings. The molecule has 0 unspecified atom stereocenters. The fourth-order valence-electron chi connectivity index (χ4n) is 1.52. The van der Waals surface area contributed by atoms with Gasteiger partial charge in [-0.3, -0.25) is 0 Å². The summed E-state index contributed by atoms with van der Waals surface area (Å²) in [5.74, 6) is 0.126. The maximum absolute atomic E-state index is 12.2. The van der Waals surface area contributed by atoms with E-state index in [4.69, 9.17) is 10.5 Å². The summed E-state index contributed by atoms with van der Waals surface area (Å²) in [6, 6.07) is 1.78. The second-order valence-corrected chi connectivity index (χ2v) is 6.24. The molecule has 4 N–H and O–H groups in total. The largest absolute Gasteiger partial charge is 0.495 e. The number of anilines is 1. The van der Waals surface area contributed by atoms with Crippen molar-refractivity contribution < 1.29 is 17.9 Å². The number of sulfonamides is 1. The third-order valence-electron chi connectivity index (χ3n) is 2.49. The Morgan fingerprint density at radius 1 is 1.35 bits per heavy atom. The number of hydrogen-bond acceptors (Lipinski definition) is 5. The van der Waals surface area contributed by atoms with E-state index in [1.165, 1.54) is 19.2 Å². The van der Waals surface area contributed by atoms with Crippen LogP contribution < -0.4 is 20.5 Å². The van der Waals surface area contributed by atoms with E-state index in [0.717, 1.165) is 0 Å². The van der Waals surface area contributed by atoms with Crippen LogP contribution in [0.5, 0.6) is 5.75 Å². The minimum Gasteiger partial charge on any atom is -0.495 e. The van der Waals surface area contributed by atoms with Gasteiger partial charge in [-0.15, -0.1) is 0 Å². The van der Waals surface area contributed by atoms with Gasteiger partial charge in [-0.25, -0.2) is 17.9 Å². The monoisotopic (exact) mass is 301 g/mol. The second-order valence-electron chi connectivity index (χ2n) is 4.59. The molecule has 1 aromatic rings. The van der Waals surface area contributed by atoms with E-state index >= 15 is 0 Å². The average molecular weight is 301 g/mol. The highest BCUT2D eigenvalue weighted by Gasteiger charge is 2.23. The molecule has 2 amide bonds. The molecule has 0 aliphatic carbocycles. The van der Waals surface area contributed by atoms with Gasteiger partial charge < -0.3 is 15.8 Å². The van der Waals surface area contributed by atoms with E-state index in [-0.39, 0.29) is 16.7 Å². The van der Waals surface area contributed by atoms with Crippen molar-refractivity contribution in [1.29, 1.82) is 0 Å². The molecule has 0 aliphatic rings. The lowest BCUT2D eigenvalue weighted by molar-refractivity contribution is 0.243. The number of ether oxygens (including phenoxy) is 1. The van der Waals surface area contributed by atoms with Crippen molar-refractivity contribution in [3.63, 3.8) is 0 Å². The molecule has 0 saturated heterocycles. The highest BCUT2D eigenvalue weighted by atomic mass is 32.2. The van der Waals surface area contributed by atoms with Crippen LogP contribution in [0.1, 0.15) is 19.4 Å². The molecule has 0 atom stereocenters. The summed E-state index contributed by atoms with van der Waals surface area (Å²) >= 11 is 0. The van der Waals surface area contributed by atoms with Crippen LogP contribution in [0.25, 0.3) is 0 Å². The molecule has 0 aliphatic heterocycles. The number of nitrogen functional groups attached to an aromatic ring is 1. The standard InChI is InChI=1S/C12H19N3O4S/c1-7(2)14-12(16)15-20(17,18)11-6-9(13)8(3)5-10(11)19-4/h5-7H,13H2,1-4H3,(H2,14,15,16). The van der Waals surface area contributed by atoms with Crippen molar-refractivity contribution in [1.82, 2.24) is 10.0 Å². The Balaban J connectivity index is 3.15. The molecule has 20 heavy (non-hydrogen) atoms. The first-order chi connectivity index (χ1) is 9.17. The molecule has 0 radical (unpaired) electrons. The van der Waals surface area contributed by atoms with Gasteiger partial charge in [0.15, 0.2) is 0 Å². The molecule has 0 bridgehead atoms. The fourth-order valence-corrected chi connectivity index (χ4v) is 2.62. The van der Waals surface area contributed by atoms with Crippen LogP contribution in [0, 0.1) is 6.92 Å². The number of benzene rings is 1. The molecule has 0 aromatic heterocycles. The highest BCUT2D eigenvalue weighted by Crippen LogP contribution is 2.28. The Hall–Kier alpha value is -1.96. The first-order valence-electron chi connectivity index (χ1n) is 5.94. The smallest absolute Gasteiger partial charge is 0.328 e. The topological polar surface area (TPSA) is 111 Å². The normalized spacial score (nSPS) is 11.2. The van der Waals surface area contributed by atoms with Gasteiger partial charge in [0, 0.05) is 11.7 Å². The third-order valence-corrected chi connectivity index (χ3v) is 3.84. The van der Waals surface area contributed by atoms with Crippen LogP contribution in [0.15, 0.2) is 17.0 Å². The lowest BCUT2D eigenvalue weighted by Crippen LogP contribution is -2.42. The zero-order chi connectivity index (χ0) is 15.5. The molecule has 8 heteroatoms. The second kappa shape index (κ2) is 6.00. The predicted octanol–water partition coefficient (Wildman–Crippen LogP) is 0.982. The maximum Gasteiger partial charge on any atom is 0.328 e. The lowest BCUT2D eigenvalue weighted by Gasteiger charge is -2.14. The Labute approximate surface area is 118 Å². The Morgan fingerprint density at radius 2 is 1.95 bits per heavy atom. The number of methoxy groups -OCH3 is 1. The van der Waals surface area contributed by atoms with Gasteiger partial charge >= 0.3 is 6.03 Å². The third kappa shape index (κ3) is 3.77. The van der Waals surface area contributed by atoms with Gasteiger partial charge in [-0.2, -0.15) is 0 Å². The van der Waals surface area contributed by atoms with E-state index in [2.05, 4.69) is 5.32 Å². The predicted molar refractivity (Wildman–Crippen MR) is 76.1 cm³/mol. The van der Waals surface area contributed by atoms with Gasteiger partial charge in [0.2, 0.25) is 0 Å². The first-order valence-corrected chi connectivity index (χ1v) is 7.43. The minimum atomic E-state index is -4.05. The van der Waals surface area contributed by atoms with Crippen molar-refractivity contribution >= 4 is 21.7 Å². The van der Waals surface area contributed by atoms with Crippen molar-refractivity contribution in [2.75, 3.05) is 12.8 Å². The molecule has 0 saturated carbocycles. The van der Waals surface area contributed by atoms with E-state index in [1.54, 1.807) is 20.8 Å². The number of hydrogen-bond donors (Lipinski definition) is 3.